The van der Waals surface area contributed by atoms with Gasteiger partial charge < -0.3 is 10.1 Å². The van der Waals surface area contributed by atoms with Crippen molar-refractivity contribution in [2.75, 3.05) is 26.0 Å². The predicted octanol–water partition coefficient (Wildman–Crippen LogP) is 1.78. The van der Waals surface area contributed by atoms with Gasteiger partial charge in [-0.15, -0.1) is 4.40 Å². The molecule has 1 N–H and O–H groups in total. The minimum absolute atomic E-state index is 0.0739. The van der Waals surface area contributed by atoms with Crippen LogP contribution in [-0.4, -0.2) is 46.1 Å². The van der Waals surface area contributed by atoms with E-state index in [0.717, 1.165) is 0 Å². The molecule has 0 bridgehead atoms. The first-order valence-electron chi connectivity index (χ1n) is 5.98. The maximum Gasteiger partial charge on any atom is 0.286 e. The topological polar surface area (TPSA) is 71.0 Å². The largest absolute Gasteiger partial charge is 0.356 e. The Labute approximate surface area is 123 Å². The number of anilines is 1. The van der Waals surface area contributed by atoms with Crippen molar-refractivity contribution in [1.82, 2.24) is 4.90 Å². The summed E-state index contributed by atoms with van der Waals surface area (Å²) in [5.41, 5.74) is 0.420. The Hall–Kier alpha value is -1.15. The zero-order chi connectivity index (χ0) is 14.9. The lowest BCUT2D eigenvalue weighted by atomic mass is 10.3. The molecule has 1 unspecified atom stereocenters. The highest BCUT2D eigenvalue weighted by atomic mass is 35.5. The van der Waals surface area contributed by atoms with Crippen molar-refractivity contribution in [1.29, 1.82) is 0 Å². The third kappa shape index (κ3) is 3.29. The SMILES string of the molecule is CC(OCC1=NS(=O)(=O)c2ccc(Cl)cc2N1)N(C)C. The van der Waals surface area contributed by atoms with E-state index >= 15 is 0 Å². The molecule has 6 nitrogen and oxygen atoms in total. The molecule has 1 atom stereocenters. The van der Waals surface area contributed by atoms with Crippen LogP contribution in [0.4, 0.5) is 5.69 Å². The zero-order valence-corrected chi connectivity index (χ0v) is 13.0. The summed E-state index contributed by atoms with van der Waals surface area (Å²) in [5.74, 6) is 0.244. The maximum absolute atomic E-state index is 12.0. The lowest BCUT2D eigenvalue weighted by molar-refractivity contribution is -0.00308. The van der Waals surface area contributed by atoms with Crippen LogP contribution in [0.1, 0.15) is 6.92 Å². The van der Waals surface area contributed by atoms with Gasteiger partial charge in [-0.05, 0) is 39.2 Å². The van der Waals surface area contributed by atoms with Crippen LogP contribution in [0.15, 0.2) is 27.5 Å². The number of nitrogens with one attached hydrogen (secondary N) is 1. The van der Waals surface area contributed by atoms with Crippen LogP contribution in [0.25, 0.3) is 0 Å². The molecule has 8 heteroatoms. The summed E-state index contributed by atoms with van der Waals surface area (Å²) in [4.78, 5) is 1.98. The van der Waals surface area contributed by atoms with E-state index < -0.39 is 10.0 Å². The van der Waals surface area contributed by atoms with Gasteiger partial charge in [0.1, 0.15) is 23.6 Å². The quantitative estimate of drug-likeness (QED) is 0.857. The van der Waals surface area contributed by atoms with E-state index in [0.29, 0.717) is 10.7 Å². The fourth-order valence-electron chi connectivity index (χ4n) is 1.61. The standard InChI is InChI=1S/C12H16ClN3O3S/c1-8(16(2)3)19-7-12-14-10-6-9(13)4-5-11(10)20(17,18)15-12/h4-6,8H,7H2,1-3H3,(H,14,15). The summed E-state index contributed by atoms with van der Waals surface area (Å²) in [6.45, 7) is 1.94. The summed E-state index contributed by atoms with van der Waals surface area (Å²) in [6.07, 6.45) is -0.150. The molecule has 1 heterocycles. The molecule has 1 aromatic rings. The number of hydrogen-bond acceptors (Lipinski definition) is 5. The fourth-order valence-corrected chi connectivity index (χ4v) is 2.90. The van der Waals surface area contributed by atoms with E-state index in [-0.39, 0.29) is 23.6 Å². The first-order valence-corrected chi connectivity index (χ1v) is 7.80. The van der Waals surface area contributed by atoms with E-state index in [4.69, 9.17) is 16.3 Å². The molecule has 1 aliphatic rings. The van der Waals surface area contributed by atoms with Gasteiger partial charge >= 0.3 is 0 Å². The van der Waals surface area contributed by atoms with Gasteiger partial charge in [0.15, 0.2) is 0 Å². The van der Waals surface area contributed by atoms with Crippen molar-refractivity contribution in [3.8, 4) is 0 Å². The van der Waals surface area contributed by atoms with Crippen LogP contribution in [-0.2, 0) is 14.8 Å². The van der Waals surface area contributed by atoms with Gasteiger partial charge in [-0.1, -0.05) is 11.6 Å². The average molecular weight is 318 g/mol. The van der Waals surface area contributed by atoms with E-state index in [1.807, 2.05) is 25.9 Å². The van der Waals surface area contributed by atoms with E-state index in [1.54, 1.807) is 6.07 Å². The summed E-state index contributed by atoms with van der Waals surface area (Å²) in [6, 6.07) is 4.51. The normalized spacial score (nSPS) is 18.1. The Bertz CT molecular complexity index is 643. The Morgan fingerprint density at radius 3 is 2.80 bits per heavy atom. The van der Waals surface area contributed by atoms with Crippen LogP contribution < -0.4 is 5.32 Å². The highest BCUT2D eigenvalue weighted by Crippen LogP contribution is 2.29. The minimum atomic E-state index is -3.70. The number of ether oxygens (including phenoxy) is 1. The summed E-state index contributed by atoms with van der Waals surface area (Å²) >= 11 is 5.87. The molecule has 0 amide bonds. The Balaban J connectivity index is 2.21. The molecule has 0 saturated heterocycles. The smallest absolute Gasteiger partial charge is 0.286 e. The first kappa shape index (κ1) is 15.2. The molecule has 1 aromatic carbocycles. The van der Waals surface area contributed by atoms with Gasteiger partial charge in [0, 0.05) is 5.02 Å². The number of nitrogens with zero attached hydrogens (tertiary/aromatic N) is 2. The van der Waals surface area contributed by atoms with E-state index in [1.165, 1.54) is 12.1 Å². The number of benzene rings is 1. The van der Waals surface area contributed by atoms with Gasteiger partial charge in [0.05, 0.1) is 5.69 Å². The van der Waals surface area contributed by atoms with Crippen molar-refractivity contribution in [2.24, 2.45) is 4.40 Å². The van der Waals surface area contributed by atoms with Gasteiger partial charge in [-0.2, -0.15) is 8.42 Å². The van der Waals surface area contributed by atoms with Crippen LogP contribution in [0.5, 0.6) is 0 Å². The Morgan fingerprint density at radius 2 is 2.15 bits per heavy atom. The summed E-state index contributed by atoms with van der Waals surface area (Å²) < 4.78 is 33.3. The average Bonchev–Trinajstić information content (AvgIpc) is 2.34. The third-order valence-corrected chi connectivity index (χ3v) is 4.52. The van der Waals surface area contributed by atoms with Crippen LogP contribution >= 0.6 is 11.6 Å². The molecule has 0 fully saturated rings. The molecular weight excluding hydrogens is 302 g/mol. The van der Waals surface area contributed by atoms with Crippen molar-refractivity contribution in [3.05, 3.63) is 23.2 Å². The molecule has 0 aromatic heterocycles. The maximum atomic E-state index is 12.0. The van der Waals surface area contributed by atoms with E-state index in [9.17, 15) is 8.42 Å². The molecule has 2 rings (SSSR count). The lowest BCUT2D eigenvalue weighted by Crippen LogP contribution is -2.33. The fraction of sp³-hybridized carbons (Fsp3) is 0.417. The number of sulfonamides is 1. The highest BCUT2D eigenvalue weighted by Gasteiger charge is 2.25. The first-order chi connectivity index (χ1) is 9.29. The van der Waals surface area contributed by atoms with Crippen LogP contribution in [0, 0.1) is 0 Å². The second-order valence-electron chi connectivity index (χ2n) is 4.65. The van der Waals surface area contributed by atoms with Gasteiger partial charge in [0.25, 0.3) is 10.0 Å². The molecule has 1 aliphatic heterocycles. The van der Waals surface area contributed by atoms with Crippen molar-refractivity contribution in [2.45, 2.75) is 18.0 Å². The molecule has 0 saturated carbocycles. The number of rotatable bonds is 4. The molecule has 20 heavy (non-hydrogen) atoms. The summed E-state index contributed by atoms with van der Waals surface area (Å²) in [7, 11) is 0.0324. The molecule has 0 aliphatic carbocycles. The number of amidine groups is 1. The van der Waals surface area contributed by atoms with E-state index in [2.05, 4.69) is 9.71 Å². The number of hydrogen-bond donors (Lipinski definition) is 1. The Morgan fingerprint density at radius 1 is 1.45 bits per heavy atom. The second kappa shape index (κ2) is 5.69. The van der Waals surface area contributed by atoms with Crippen LogP contribution in [0.2, 0.25) is 5.02 Å². The van der Waals surface area contributed by atoms with Gasteiger partial charge in [-0.25, -0.2) is 0 Å². The van der Waals surface area contributed by atoms with Crippen molar-refractivity contribution >= 4 is 33.1 Å². The van der Waals surface area contributed by atoms with Gasteiger partial charge in [-0.3, -0.25) is 4.90 Å². The monoisotopic (exact) mass is 317 g/mol. The molecule has 0 radical (unpaired) electrons. The predicted molar refractivity (Wildman–Crippen MR) is 78.8 cm³/mol. The van der Waals surface area contributed by atoms with Crippen LogP contribution in [0.3, 0.4) is 0 Å². The van der Waals surface area contributed by atoms with Crippen molar-refractivity contribution in [3.63, 3.8) is 0 Å². The summed E-state index contributed by atoms with van der Waals surface area (Å²) in [5, 5.41) is 3.38. The van der Waals surface area contributed by atoms with Gasteiger partial charge in [0.2, 0.25) is 0 Å². The lowest BCUT2D eigenvalue weighted by Gasteiger charge is -2.23. The molecule has 0 spiro atoms. The molecule has 110 valence electrons. The Kier molecular flexibility index (Phi) is 4.33. The second-order valence-corrected chi connectivity index (χ2v) is 6.66. The minimum Gasteiger partial charge on any atom is -0.356 e. The highest BCUT2D eigenvalue weighted by molar-refractivity contribution is 7.90. The number of halogens is 1. The molecular formula is C12H16ClN3O3S. The third-order valence-electron chi connectivity index (χ3n) is 2.92. The number of fused-ring (bicyclic) bond motifs is 1. The van der Waals surface area contributed by atoms with Crippen molar-refractivity contribution < 1.29 is 13.2 Å². The zero-order valence-electron chi connectivity index (χ0n) is 11.4.